The van der Waals surface area contributed by atoms with Gasteiger partial charge < -0.3 is 19.1 Å². The molecule has 0 aliphatic carbocycles. The van der Waals surface area contributed by atoms with E-state index in [1.54, 1.807) is 0 Å². The molecule has 0 aromatic heterocycles. The summed E-state index contributed by atoms with van der Waals surface area (Å²) in [6, 6.07) is 8.03. The van der Waals surface area contributed by atoms with Gasteiger partial charge in [-0.1, -0.05) is 6.07 Å². The second-order valence-electron chi connectivity index (χ2n) is 4.37. The van der Waals surface area contributed by atoms with Gasteiger partial charge in [0.25, 0.3) is 0 Å². The van der Waals surface area contributed by atoms with Gasteiger partial charge in [0.05, 0.1) is 6.61 Å². The Labute approximate surface area is 116 Å². The zero-order valence-electron chi connectivity index (χ0n) is 12.4. The third-order valence-corrected chi connectivity index (χ3v) is 2.66. The van der Waals surface area contributed by atoms with Gasteiger partial charge in [-0.2, -0.15) is 0 Å². The van der Waals surface area contributed by atoms with Crippen LogP contribution in [0.5, 0.6) is 5.75 Å². The highest BCUT2D eigenvalue weighted by Crippen LogP contribution is 2.19. The van der Waals surface area contributed by atoms with Crippen LogP contribution in [0.25, 0.3) is 0 Å². The number of hydrogen-bond acceptors (Lipinski definition) is 4. The van der Waals surface area contributed by atoms with Gasteiger partial charge in [0.15, 0.2) is 6.29 Å². The molecule has 108 valence electrons. The third kappa shape index (κ3) is 5.94. The molecule has 0 N–H and O–H groups in total. The zero-order valence-corrected chi connectivity index (χ0v) is 12.4. The predicted molar refractivity (Wildman–Crippen MR) is 77.9 cm³/mol. The summed E-state index contributed by atoms with van der Waals surface area (Å²) in [5.41, 5.74) is 1.13. The molecule has 0 heterocycles. The fourth-order valence-corrected chi connectivity index (χ4v) is 1.71. The molecule has 1 rings (SSSR count). The molecule has 0 fully saturated rings. The standard InChI is InChI=1S/C15H25NO3/c1-5-17-15(18-6-2)10-11-19-14-9-7-8-13(12-14)16(3)4/h7-9,12,15H,5-6,10-11H2,1-4H3. The van der Waals surface area contributed by atoms with Crippen molar-refractivity contribution in [3.8, 4) is 5.75 Å². The maximum absolute atomic E-state index is 5.73. The molecule has 19 heavy (non-hydrogen) atoms. The fraction of sp³-hybridized carbons (Fsp3) is 0.600. The van der Waals surface area contributed by atoms with Crippen LogP contribution in [0, 0.1) is 0 Å². The van der Waals surface area contributed by atoms with Crippen LogP contribution in [0.3, 0.4) is 0 Å². The maximum atomic E-state index is 5.73. The Morgan fingerprint density at radius 1 is 1.11 bits per heavy atom. The lowest BCUT2D eigenvalue weighted by Gasteiger charge is -2.18. The molecule has 0 amide bonds. The van der Waals surface area contributed by atoms with Gasteiger partial charge in [-0.15, -0.1) is 0 Å². The zero-order chi connectivity index (χ0) is 14.1. The van der Waals surface area contributed by atoms with E-state index in [4.69, 9.17) is 14.2 Å². The summed E-state index contributed by atoms with van der Waals surface area (Å²) in [6.45, 7) is 5.82. The average molecular weight is 267 g/mol. The van der Waals surface area contributed by atoms with Crippen LogP contribution < -0.4 is 9.64 Å². The minimum Gasteiger partial charge on any atom is -0.493 e. The monoisotopic (exact) mass is 267 g/mol. The number of benzene rings is 1. The molecular weight excluding hydrogens is 242 g/mol. The first-order chi connectivity index (χ1) is 9.17. The molecule has 0 aliphatic heterocycles. The van der Waals surface area contributed by atoms with E-state index in [1.807, 2.05) is 46.1 Å². The molecule has 0 aliphatic rings. The number of nitrogens with zero attached hydrogens (tertiary/aromatic N) is 1. The largest absolute Gasteiger partial charge is 0.493 e. The first-order valence-electron chi connectivity index (χ1n) is 6.80. The second-order valence-corrected chi connectivity index (χ2v) is 4.37. The third-order valence-electron chi connectivity index (χ3n) is 2.66. The normalized spacial score (nSPS) is 10.8. The number of rotatable bonds is 9. The molecule has 0 radical (unpaired) electrons. The minimum atomic E-state index is -0.174. The Kier molecular flexibility index (Phi) is 7.30. The van der Waals surface area contributed by atoms with E-state index in [0.717, 1.165) is 17.9 Å². The molecule has 4 heteroatoms. The van der Waals surface area contributed by atoms with E-state index in [0.29, 0.717) is 19.8 Å². The van der Waals surface area contributed by atoms with Gasteiger partial charge >= 0.3 is 0 Å². The number of anilines is 1. The Hall–Kier alpha value is -1.26. The molecule has 0 saturated heterocycles. The first kappa shape index (κ1) is 15.8. The SMILES string of the molecule is CCOC(CCOc1cccc(N(C)C)c1)OCC. The molecule has 0 saturated carbocycles. The van der Waals surface area contributed by atoms with Crippen LogP contribution in [0.15, 0.2) is 24.3 Å². The molecule has 0 spiro atoms. The van der Waals surface area contributed by atoms with Gasteiger partial charge in [-0.3, -0.25) is 0 Å². The smallest absolute Gasteiger partial charge is 0.160 e. The Morgan fingerprint density at radius 2 is 1.79 bits per heavy atom. The summed E-state index contributed by atoms with van der Waals surface area (Å²) >= 11 is 0. The highest BCUT2D eigenvalue weighted by molar-refractivity contribution is 5.49. The molecule has 1 aromatic carbocycles. The molecular formula is C15H25NO3. The van der Waals surface area contributed by atoms with E-state index < -0.39 is 0 Å². The minimum absolute atomic E-state index is 0.174. The van der Waals surface area contributed by atoms with Crippen LogP contribution >= 0.6 is 0 Å². The van der Waals surface area contributed by atoms with Crippen molar-refractivity contribution >= 4 is 5.69 Å². The maximum Gasteiger partial charge on any atom is 0.160 e. The lowest BCUT2D eigenvalue weighted by molar-refractivity contribution is -0.142. The summed E-state index contributed by atoms with van der Waals surface area (Å²) in [4.78, 5) is 2.05. The van der Waals surface area contributed by atoms with Gasteiger partial charge in [0.2, 0.25) is 0 Å². The van der Waals surface area contributed by atoms with Crippen LogP contribution in [0.1, 0.15) is 20.3 Å². The average Bonchev–Trinajstić information content (AvgIpc) is 2.39. The Morgan fingerprint density at radius 3 is 2.37 bits per heavy atom. The predicted octanol–water partition coefficient (Wildman–Crippen LogP) is 2.92. The first-order valence-corrected chi connectivity index (χ1v) is 6.80. The van der Waals surface area contributed by atoms with E-state index in [-0.39, 0.29) is 6.29 Å². The summed E-state index contributed by atoms with van der Waals surface area (Å²) in [7, 11) is 4.03. The van der Waals surface area contributed by atoms with Gasteiger partial charge in [-0.05, 0) is 26.0 Å². The summed E-state index contributed by atoms with van der Waals surface area (Å²) in [6.07, 6.45) is 0.556. The van der Waals surface area contributed by atoms with Crippen molar-refractivity contribution < 1.29 is 14.2 Å². The van der Waals surface area contributed by atoms with Crippen LogP contribution in [0.2, 0.25) is 0 Å². The number of hydrogen-bond donors (Lipinski definition) is 0. The number of ether oxygens (including phenoxy) is 3. The molecule has 0 atom stereocenters. The van der Waals surface area contributed by atoms with Crippen molar-refractivity contribution in [3.63, 3.8) is 0 Å². The van der Waals surface area contributed by atoms with Crippen LogP contribution in [-0.4, -0.2) is 40.2 Å². The molecule has 1 aromatic rings. The van der Waals surface area contributed by atoms with Crippen molar-refractivity contribution in [2.24, 2.45) is 0 Å². The van der Waals surface area contributed by atoms with Gasteiger partial charge in [0.1, 0.15) is 5.75 Å². The fourth-order valence-electron chi connectivity index (χ4n) is 1.71. The van der Waals surface area contributed by atoms with E-state index in [9.17, 15) is 0 Å². The second kappa shape index (κ2) is 8.77. The van der Waals surface area contributed by atoms with Crippen molar-refractivity contribution in [1.82, 2.24) is 0 Å². The quantitative estimate of drug-likeness (QED) is 0.644. The van der Waals surface area contributed by atoms with Crippen molar-refractivity contribution in [1.29, 1.82) is 0 Å². The van der Waals surface area contributed by atoms with Crippen LogP contribution in [-0.2, 0) is 9.47 Å². The van der Waals surface area contributed by atoms with E-state index in [2.05, 4.69) is 11.0 Å². The highest BCUT2D eigenvalue weighted by Gasteiger charge is 2.08. The molecule has 4 nitrogen and oxygen atoms in total. The Balaban J connectivity index is 2.41. The van der Waals surface area contributed by atoms with Crippen LogP contribution in [0.4, 0.5) is 5.69 Å². The molecule has 0 unspecified atom stereocenters. The van der Waals surface area contributed by atoms with Crippen molar-refractivity contribution in [3.05, 3.63) is 24.3 Å². The van der Waals surface area contributed by atoms with Gasteiger partial charge in [0, 0.05) is 45.5 Å². The summed E-state index contributed by atoms with van der Waals surface area (Å²) in [5.74, 6) is 0.873. The topological polar surface area (TPSA) is 30.9 Å². The van der Waals surface area contributed by atoms with E-state index in [1.165, 1.54) is 0 Å². The summed E-state index contributed by atoms with van der Waals surface area (Å²) in [5, 5.41) is 0. The Bertz CT molecular complexity index is 349. The lowest BCUT2D eigenvalue weighted by Crippen LogP contribution is -2.20. The van der Waals surface area contributed by atoms with Crippen molar-refractivity contribution in [2.45, 2.75) is 26.6 Å². The highest BCUT2D eigenvalue weighted by atomic mass is 16.7. The molecule has 0 bridgehead atoms. The van der Waals surface area contributed by atoms with Gasteiger partial charge in [-0.25, -0.2) is 0 Å². The summed E-state index contributed by atoms with van der Waals surface area (Å²) < 4.78 is 16.7. The van der Waals surface area contributed by atoms with E-state index >= 15 is 0 Å². The lowest BCUT2D eigenvalue weighted by atomic mass is 10.3. The van der Waals surface area contributed by atoms with Crippen molar-refractivity contribution in [2.75, 3.05) is 38.8 Å².